The third kappa shape index (κ3) is 2.52. The zero-order valence-electron chi connectivity index (χ0n) is 12.6. The van der Waals surface area contributed by atoms with E-state index < -0.39 is 0 Å². The summed E-state index contributed by atoms with van der Waals surface area (Å²) >= 11 is 0. The van der Waals surface area contributed by atoms with Gasteiger partial charge in [-0.1, -0.05) is 17.3 Å². The molecular weight excluding hydrogens is 294 g/mol. The maximum atomic E-state index is 12.3. The highest BCUT2D eigenvalue weighted by Crippen LogP contribution is 2.29. The minimum absolute atomic E-state index is 0.186. The molecule has 1 aliphatic rings. The maximum absolute atomic E-state index is 12.3. The van der Waals surface area contributed by atoms with Crippen molar-refractivity contribution in [1.82, 2.24) is 15.5 Å². The first kappa shape index (κ1) is 13.8. The van der Waals surface area contributed by atoms with E-state index in [1.54, 1.807) is 18.3 Å². The summed E-state index contributed by atoms with van der Waals surface area (Å²) < 4.78 is 10.8. The number of benzene rings is 1. The van der Waals surface area contributed by atoms with E-state index in [-0.39, 0.29) is 17.8 Å². The number of hydrogen-bond acceptors (Lipinski definition) is 5. The topological polar surface area (TPSA) is 77.3 Å². The van der Waals surface area contributed by atoms with Crippen molar-refractivity contribution in [3.05, 3.63) is 53.4 Å². The third-order valence-electron chi connectivity index (χ3n) is 3.87. The van der Waals surface area contributed by atoms with Gasteiger partial charge < -0.3 is 14.6 Å². The Kier molecular flexibility index (Phi) is 3.22. The molecule has 1 aromatic carbocycles. The molecule has 0 aliphatic carbocycles. The van der Waals surface area contributed by atoms with Gasteiger partial charge in [-0.3, -0.25) is 4.79 Å². The number of aromatic nitrogens is 2. The van der Waals surface area contributed by atoms with Crippen molar-refractivity contribution in [2.24, 2.45) is 0 Å². The molecule has 0 saturated carbocycles. The summed E-state index contributed by atoms with van der Waals surface area (Å²) in [7, 11) is 0. The number of rotatable bonds is 3. The second kappa shape index (κ2) is 5.39. The largest absolute Gasteiger partial charge is 0.490 e. The van der Waals surface area contributed by atoms with Gasteiger partial charge in [-0.15, -0.1) is 0 Å². The zero-order valence-corrected chi connectivity index (χ0v) is 12.6. The molecule has 3 aromatic rings. The molecular formula is C17H15N3O3. The Labute approximate surface area is 132 Å². The van der Waals surface area contributed by atoms with E-state index in [1.165, 1.54) is 5.56 Å². The number of amides is 1. The van der Waals surface area contributed by atoms with Crippen molar-refractivity contribution >= 4 is 16.9 Å². The number of nitrogens with zero attached hydrogens (tertiary/aromatic N) is 2. The Morgan fingerprint density at radius 3 is 3.22 bits per heavy atom. The molecule has 0 spiro atoms. The van der Waals surface area contributed by atoms with Gasteiger partial charge in [-0.05, 0) is 36.2 Å². The number of hydrogen-bond donors (Lipinski definition) is 1. The third-order valence-corrected chi connectivity index (χ3v) is 3.87. The smallest absolute Gasteiger partial charge is 0.290 e. The van der Waals surface area contributed by atoms with E-state index >= 15 is 0 Å². The van der Waals surface area contributed by atoms with E-state index in [9.17, 15) is 4.79 Å². The molecule has 3 heterocycles. The number of fused-ring (bicyclic) bond motifs is 2. The summed E-state index contributed by atoms with van der Waals surface area (Å²) in [6.07, 6.45) is 2.72. The molecule has 116 valence electrons. The lowest BCUT2D eigenvalue weighted by Crippen LogP contribution is -2.22. The monoisotopic (exact) mass is 309 g/mol. The quantitative estimate of drug-likeness (QED) is 0.804. The van der Waals surface area contributed by atoms with E-state index in [0.717, 1.165) is 17.7 Å². The van der Waals surface area contributed by atoms with Crippen LogP contribution in [0.25, 0.3) is 11.0 Å². The van der Waals surface area contributed by atoms with Crippen LogP contribution in [-0.4, -0.2) is 22.2 Å². The molecule has 6 nitrogen and oxygen atoms in total. The molecule has 2 aromatic heterocycles. The zero-order chi connectivity index (χ0) is 15.8. The Bertz CT molecular complexity index is 888. The average molecular weight is 309 g/mol. The molecule has 1 atom stereocenters. The minimum atomic E-state index is -0.300. The van der Waals surface area contributed by atoms with Crippen LogP contribution in [0.5, 0.6) is 5.75 Å². The molecule has 6 heteroatoms. The Morgan fingerprint density at radius 1 is 1.39 bits per heavy atom. The van der Waals surface area contributed by atoms with Crippen LogP contribution in [0.1, 0.15) is 28.6 Å². The van der Waals surface area contributed by atoms with Gasteiger partial charge in [-0.2, -0.15) is 0 Å². The Balaban J connectivity index is 1.49. The van der Waals surface area contributed by atoms with Gasteiger partial charge in [0.1, 0.15) is 11.9 Å². The van der Waals surface area contributed by atoms with E-state index in [4.69, 9.17) is 9.26 Å². The first-order chi connectivity index (χ1) is 11.2. The molecule has 0 radical (unpaired) electrons. The van der Waals surface area contributed by atoms with Crippen LogP contribution in [0.3, 0.4) is 0 Å². The molecule has 23 heavy (non-hydrogen) atoms. The van der Waals surface area contributed by atoms with Crippen molar-refractivity contribution in [1.29, 1.82) is 0 Å². The van der Waals surface area contributed by atoms with Crippen LogP contribution in [0.15, 0.2) is 41.1 Å². The average Bonchev–Trinajstić information content (AvgIpc) is 3.14. The van der Waals surface area contributed by atoms with Crippen molar-refractivity contribution in [3.63, 3.8) is 0 Å². The molecule has 0 fully saturated rings. The van der Waals surface area contributed by atoms with Gasteiger partial charge >= 0.3 is 0 Å². The maximum Gasteiger partial charge on any atom is 0.290 e. The number of ether oxygens (including phenoxy) is 1. The fourth-order valence-corrected chi connectivity index (χ4v) is 2.80. The lowest BCUT2D eigenvalue weighted by atomic mass is 10.1. The van der Waals surface area contributed by atoms with Crippen molar-refractivity contribution < 1.29 is 14.1 Å². The second-order valence-electron chi connectivity index (χ2n) is 5.64. The number of carbonyl (C=O) groups excluding carboxylic acids is 1. The van der Waals surface area contributed by atoms with E-state index in [2.05, 4.69) is 21.5 Å². The molecule has 1 N–H and O–H groups in total. The van der Waals surface area contributed by atoms with Crippen LogP contribution in [0, 0.1) is 0 Å². The first-order valence-electron chi connectivity index (χ1n) is 7.48. The first-order valence-corrected chi connectivity index (χ1v) is 7.48. The van der Waals surface area contributed by atoms with Crippen molar-refractivity contribution in [2.45, 2.75) is 26.0 Å². The van der Waals surface area contributed by atoms with Gasteiger partial charge in [0, 0.05) is 19.2 Å². The number of nitrogens with one attached hydrogen (secondary N) is 1. The van der Waals surface area contributed by atoms with Crippen molar-refractivity contribution in [3.8, 4) is 5.75 Å². The summed E-state index contributed by atoms with van der Waals surface area (Å²) in [6, 6.07) is 9.49. The lowest BCUT2D eigenvalue weighted by Gasteiger charge is -2.05. The van der Waals surface area contributed by atoms with E-state index in [1.807, 2.05) is 19.1 Å². The van der Waals surface area contributed by atoms with Gasteiger partial charge in [0.25, 0.3) is 5.91 Å². The van der Waals surface area contributed by atoms with Gasteiger partial charge in [0.05, 0.1) is 5.39 Å². The molecule has 1 amide bonds. The fraction of sp³-hybridized carbons (Fsp3) is 0.235. The lowest BCUT2D eigenvalue weighted by molar-refractivity contribution is 0.0916. The van der Waals surface area contributed by atoms with E-state index in [0.29, 0.717) is 17.6 Å². The highest BCUT2D eigenvalue weighted by molar-refractivity contribution is 6.02. The Morgan fingerprint density at radius 2 is 2.30 bits per heavy atom. The highest BCUT2D eigenvalue weighted by Gasteiger charge is 2.20. The van der Waals surface area contributed by atoms with Crippen LogP contribution in [0.2, 0.25) is 0 Å². The summed E-state index contributed by atoms with van der Waals surface area (Å²) in [5.74, 6) is 0.816. The fourth-order valence-electron chi connectivity index (χ4n) is 2.80. The van der Waals surface area contributed by atoms with Crippen LogP contribution in [0.4, 0.5) is 0 Å². The van der Waals surface area contributed by atoms with Gasteiger partial charge in [-0.25, -0.2) is 4.98 Å². The predicted octanol–water partition coefficient (Wildman–Crippen LogP) is 2.48. The minimum Gasteiger partial charge on any atom is -0.490 e. The SMILES string of the molecule is CC1Cc2cc(CNC(=O)c3onc4ncccc34)ccc2O1. The van der Waals surface area contributed by atoms with Gasteiger partial charge in [0.2, 0.25) is 11.4 Å². The number of carbonyl (C=O) groups is 1. The van der Waals surface area contributed by atoms with Crippen LogP contribution < -0.4 is 10.1 Å². The molecule has 1 aliphatic heterocycles. The molecule has 0 saturated heterocycles. The second-order valence-corrected chi connectivity index (χ2v) is 5.64. The summed E-state index contributed by atoms with van der Waals surface area (Å²) in [6.45, 7) is 2.47. The Hall–Kier alpha value is -2.89. The summed E-state index contributed by atoms with van der Waals surface area (Å²) in [5.41, 5.74) is 2.64. The summed E-state index contributed by atoms with van der Waals surface area (Å²) in [5, 5.41) is 7.25. The van der Waals surface area contributed by atoms with Crippen LogP contribution >= 0.6 is 0 Å². The molecule has 0 bridgehead atoms. The molecule has 4 rings (SSSR count). The van der Waals surface area contributed by atoms with Crippen molar-refractivity contribution in [2.75, 3.05) is 0 Å². The number of pyridine rings is 1. The highest BCUT2D eigenvalue weighted by atomic mass is 16.5. The molecule has 1 unspecified atom stereocenters. The van der Waals surface area contributed by atoms with Crippen LogP contribution in [-0.2, 0) is 13.0 Å². The summed E-state index contributed by atoms with van der Waals surface area (Å²) in [4.78, 5) is 16.3. The predicted molar refractivity (Wildman–Crippen MR) is 83.2 cm³/mol. The standard InChI is InChI=1S/C17H15N3O3/c1-10-7-12-8-11(4-5-14(12)22-10)9-19-17(21)15-13-3-2-6-18-16(13)20-23-15/h2-6,8,10H,7,9H2,1H3,(H,19,21). The normalized spacial score (nSPS) is 16.1. The van der Waals surface area contributed by atoms with Gasteiger partial charge in [0.15, 0.2) is 0 Å².